The van der Waals surface area contributed by atoms with Gasteiger partial charge >= 0.3 is 0 Å². The molecule has 29 heteroatoms. The summed E-state index contributed by atoms with van der Waals surface area (Å²) in [7, 11) is 5.48. The highest BCUT2D eigenvalue weighted by molar-refractivity contribution is 14.1. The van der Waals surface area contributed by atoms with Crippen molar-refractivity contribution in [1.29, 1.82) is 0 Å². The zero-order valence-electron chi connectivity index (χ0n) is 54.8. The number of hydrogen-bond donors (Lipinski definition) is 0. The lowest BCUT2D eigenvalue weighted by atomic mass is 10.0. The Hall–Kier alpha value is -9.13. The smallest absolute Gasteiger partial charge is 0.200 e. The molecule has 17 aromatic rings. The molecule has 13 heterocycles. The fourth-order valence-electron chi connectivity index (χ4n) is 11.6. The van der Waals surface area contributed by atoms with E-state index in [1.54, 1.807) is 35.1 Å². The van der Waals surface area contributed by atoms with Crippen molar-refractivity contribution in [1.82, 2.24) is 84.2 Å². The Kier molecular flexibility index (Phi) is 19.9. The third-order valence-corrected chi connectivity index (χ3v) is 21.6. The van der Waals surface area contributed by atoms with Crippen LogP contribution < -0.4 is 4.74 Å². The Labute approximate surface area is 629 Å². The fraction of sp³-hybridized carbons (Fsp3) is 0.125. The summed E-state index contributed by atoms with van der Waals surface area (Å²) in [5.74, 6) is 2.92. The van der Waals surface area contributed by atoms with Gasteiger partial charge in [0.25, 0.3) is 0 Å². The number of methoxy groups -OCH3 is 1. The van der Waals surface area contributed by atoms with E-state index in [-0.39, 0.29) is 0 Å². The molecule has 0 unspecified atom stereocenters. The molecule has 0 aliphatic carbocycles. The molecule has 13 aromatic heterocycles. The summed E-state index contributed by atoms with van der Waals surface area (Å²) in [6.45, 7) is 11.3. The van der Waals surface area contributed by atoms with E-state index in [9.17, 15) is 0 Å². The molecule has 4 aromatic carbocycles. The van der Waals surface area contributed by atoms with Crippen LogP contribution in [0.4, 0.5) is 0 Å². The lowest BCUT2D eigenvalue weighted by molar-refractivity contribution is 0.393. The molecule has 0 atom stereocenters. The molecule has 504 valence electrons. The first kappa shape index (κ1) is 69.0. The second-order valence-corrected chi connectivity index (χ2v) is 29.4. The van der Waals surface area contributed by atoms with E-state index in [1.807, 2.05) is 199 Å². The Bertz CT molecular complexity index is 5990. The Morgan fingerprint density at radius 3 is 1.26 bits per heavy atom. The van der Waals surface area contributed by atoms with Crippen molar-refractivity contribution >= 4 is 168 Å². The molecule has 0 saturated heterocycles. The van der Waals surface area contributed by atoms with Crippen molar-refractivity contribution in [3.05, 3.63) is 221 Å². The minimum absolute atomic E-state index is 0.617. The van der Waals surface area contributed by atoms with Gasteiger partial charge in [-0.2, -0.15) is 10.2 Å². The summed E-state index contributed by atoms with van der Waals surface area (Å²) in [6.07, 6.45) is 18.8. The average Bonchev–Trinajstić information content (AvgIpc) is 1.78. The summed E-state index contributed by atoms with van der Waals surface area (Å²) in [4.78, 5) is 20.0. The van der Waals surface area contributed by atoms with Crippen LogP contribution in [0.15, 0.2) is 202 Å². The zero-order valence-corrected chi connectivity index (χ0v) is 64.1. The van der Waals surface area contributed by atoms with Gasteiger partial charge in [0.2, 0.25) is 0 Å². The zero-order chi connectivity index (χ0) is 70.5. The van der Waals surface area contributed by atoms with Crippen molar-refractivity contribution < 1.29 is 18.3 Å². The molecule has 0 spiro atoms. The first-order valence-corrected chi connectivity index (χ1v) is 36.2. The number of pyridine rings is 6. The summed E-state index contributed by atoms with van der Waals surface area (Å²) in [5, 5.41) is 45.4. The quantitative estimate of drug-likeness (QED) is 0.116. The molecule has 17 rings (SSSR count). The molecule has 101 heavy (non-hydrogen) atoms. The molecule has 0 amide bonds. The van der Waals surface area contributed by atoms with E-state index in [0.717, 1.165) is 183 Å². The maximum atomic E-state index is 6.86. The minimum atomic E-state index is 0.617. The van der Waals surface area contributed by atoms with Gasteiger partial charge in [-0.15, -0.1) is 20.4 Å². The molecule has 0 aliphatic rings. The molecule has 21 nitrogen and oxygen atoms in total. The SMILES string of the molecule is COc1c(-c2c(C)noc2C)cnc2ccc(Sc3nnc4ccc(-c5cnn(C)c5)cn34)cc12.Cc1noc(C)c1-c1cnc2ccc(Br)cc2c1Cl.Cc1noc(C)c1-c1cnc2ccc(Sc3nnc4ccc(-c5cnn(C)c5)cn34)cc2c1Cl.Clc1c(I)cnc2ccc(Br)cc12. The van der Waals surface area contributed by atoms with Crippen LogP contribution in [0.25, 0.3) is 111 Å². The van der Waals surface area contributed by atoms with Crippen LogP contribution in [0.2, 0.25) is 15.1 Å². The lowest BCUT2D eigenvalue weighted by Crippen LogP contribution is -1.94. The monoisotopic (exact) mass is 1670 g/mol. The lowest BCUT2D eigenvalue weighted by Gasteiger charge is -2.12. The third-order valence-electron chi connectivity index (χ3n) is 16.4. The molecule has 0 aliphatic heterocycles. The Morgan fingerprint density at radius 2 is 0.832 bits per heavy atom. The molecular weight excluding hydrogens is 1620 g/mol. The van der Waals surface area contributed by atoms with E-state index in [0.29, 0.717) is 15.8 Å². The van der Waals surface area contributed by atoms with Gasteiger partial charge in [0.15, 0.2) is 21.6 Å². The number of fused-ring (bicyclic) bond motifs is 6. The van der Waals surface area contributed by atoms with Gasteiger partial charge in [-0.05, 0) is 185 Å². The predicted molar refractivity (Wildman–Crippen MR) is 410 cm³/mol. The molecule has 0 saturated carbocycles. The molecular formula is C72H53Br2Cl3IN17O4S2. The largest absolute Gasteiger partial charge is 0.495 e. The van der Waals surface area contributed by atoms with Crippen LogP contribution in [0.3, 0.4) is 0 Å². The summed E-state index contributed by atoms with van der Waals surface area (Å²) in [6, 6.07) is 31.8. The normalized spacial score (nSPS) is 11.4. The maximum absolute atomic E-state index is 6.86. The standard InChI is InChI=1S/C25H21N7O2S.C24H18ClN7OS.C14H10BrClN2O.C9H4BrClIN/c1-14-23(15(2)34-30-14)20-11-26-21-7-6-18(9-19(21)24(20)33-4)35-25-29-28-22-8-5-16(13-32(22)25)17-10-27-31(3)12-17;1-13-22(14(2)33-30-13)19-10-26-20-6-5-17(8-18(20)23(19)25)34-24-29-28-21-7-4-15(12-32(21)24)16-9-27-31(3)11-16;1-7-13(8(2)19-18-7)11-6-17-12-4-3-9(15)5-10(12)14(11)16;10-5-1-2-8-6(3-5)9(11)7(12)4-13-8/h5-13H,1-4H3;4-12H,1-3H3;3-6H,1-2H3;1-4H. The van der Waals surface area contributed by atoms with Gasteiger partial charge in [0, 0.05) is 143 Å². The second kappa shape index (κ2) is 29.1. The van der Waals surface area contributed by atoms with Crippen LogP contribution in [-0.4, -0.2) is 91.3 Å². The number of halogens is 6. The second-order valence-electron chi connectivity index (χ2n) is 23.1. The fourth-order valence-corrected chi connectivity index (χ4v) is 15.2. The molecule has 0 radical (unpaired) electrons. The van der Waals surface area contributed by atoms with E-state index in [1.165, 1.54) is 23.5 Å². The minimum Gasteiger partial charge on any atom is -0.495 e. The van der Waals surface area contributed by atoms with E-state index in [4.69, 9.17) is 53.1 Å². The van der Waals surface area contributed by atoms with Crippen LogP contribution in [0.1, 0.15) is 34.4 Å². The van der Waals surface area contributed by atoms with Gasteiger partial charge in [0.1, 0.15) is 23.0 Å². The topological polar surface area (TPSA) is 235 Å². The molecule has 0 fully saturated rings. The first-order chi connectivity index (χ1) is 48.7. The number of aryl methyl sites for hydroxylation is 8. The van der Waals surface area contributed by atoms with Crippen LogP contribution in [0.5, 0.6) is 5.75 Å². The van der Waals surface area contributed by atoms with Gasteiger partial charge in [-0.3, -0.25) is 38.1 Å². The van der Waals surface area contributed by atoms with Gasteiger partial charge in [-0.25, -0.2) is 0 Å². The molecule has 0 N–H and O–H groups in total. The highest BCUT2D eigenvalue weighted by atomic mass is 127. The van der Waals surface area contributed by atoms with Crippen molar-refractivity contribution in [3.63, 3.8) is 0 Å². The van der Waals surface area contributed by atoms with Crippen LogP contribution >= 0.6 is 113 Å². The van der Waals surface area contributed by atoms with Gasteiger partial charge in [0.05, 0.1) is 94.0 Å². The van der Waals surface area contributed by atoms with Crippen LogP contribution in [0, 0.1) is 45.1 Å². The third kappa shape index (κ3) is 14.1. The van der Waals surface area contributed by atoms with E-state index < -0.39 is 0 Å². The number of hydrogen-bond acceptors (Lipinski definition) is 19. The number of benzene rings is 4. The first-order valence-electron chi connectivity index (χ1n) is 30.8. The van der Waals surface area contributed by atoms with Crippen molar-refractivity contribution in [2.24, 2.45) is 14.1 Å². The Morgan fingerprint density at radius 1 is 0.436 bits per heavy atom. The number of aromatic nitrogens is 17. The van der Waals surface area contributed by atoms with Crippen molar-refractivity contribution in [2.75, 3.05) is 7.11 Å². The highest BCUT2D eigenvalue weighted by Gasteiger charge is 2.23. The van der Waals surface area contributed by atoms with E-state index in [2.05, 4.69) is 127 Å². The average molecular weight is 1680 g/mol. The van der Waals surface area contributed by atoms with Gasteiger partial charge < -0.3 is 18.3 Å². The van der Waals surface area contributed by atoms with Crippen LogP contribution in [-0.2, 0) is 14.1 Å². The number of nitrogens with zero attached hydrogens (tertiary/aromatic N) is 17. The van der Waals surface area contributed by atoms with Gasteiger partial charge in [-0.1, -0.05) is 82.1 Å². The molecule has 0 bridgehead atoms. The highest BCUT2D eigenvalue weighted by Crippen LogP contribution is 2.43. The predicted octanol–water partition coefficient (Wildman–Crippen LogP) is 20.0. The summed E-state index contributed by atoms with van der Waals surface area (Å²) < 4.78 is 32.3. The Balaban J connectivity index is 0.000000122. The maximum Gasteiger partial charge on any atom is 0.200 e. The van der Waals surface area contributed by atoms with Crippen molar-refractivity contribution in [3.8, 4) is 61.4 Å². The summed E-state index contributed by atoms with van der Waals surface area (Å²) >= 11 is 31.6. The van der Waals surface area contributed by atoms with Crippen molar-refractivity contribution in [2.45, 2.75) is 61.6 Å². The number of rotatable bonds is 10. The summed E-state index contributed by atoms with van der Waals surface area (Å²) in [5.41, 5.74) is 16.8. The number of ether oxygens (including phenoxy) is 1. The van der Waals surface area contributed by atoms with E-state index >= 15 is 0 Å².